The molecular formula is C20H20ClN5O. The van der Waals surface area contributed by atoms with E-state index in [1.54, 1.807) is 24.5 Å². The molecule has 0 aliphatic heterocycles. The monoisotopic (exact) mass is 381 g/mol. The minimum absolute atomic E-state index is 0.120. The lowest BCUT2D eigenvalue weighted by Crippen LogP contribution is -2.17. The number of hydrogen-bond donors (Lipinski definition) is 3. The van der Waals surface area contributed by atoms with Gasteiger partial charge in [0.1, 0.15) is 11.6 Å². The number of halogens is 1. The molecule has 1 aliphatic carbocycles. The molecule has 4 rings (SSSR count). The molecule has 0 radical (unpaired) electrons. The number of pyridine rings is 1. The summed E-state index contributed by atoms with van der Waals surface area (Å²) in [5.41, 5.74) is 2.42. The molecule has 0 amide bonds. The van der Waals surface area contributed by atoms with Gasteiger partial charge < -0.3 is 15.7 Å². The van der Waals surface area contributed by atoms with E-state index in [9.17, 15) is 5.11 Å². The van der Waals surface area contributed by atoms with Gasteiger partial charge in [0.25, 0.3) is 0 Å². The summed E-state index contributed by atoms with van der Waals surface area (Å²) >= 11 is 6.22. The van der Waals surface area contributed by atoms with Crippen LogP contribution in [0.15, 0.2) is 48.8 Å². The van der Waals surface area contributed by atoms with E-state index >= 15 is 0 Å². The molecule has 0 unspecified atom stereocenters. The highest BCUT2D eigenvalue weighted by Crippen LogP contribution is 2.30. The molecule has 0 bridgehead atoms. The second-order valence-corrected chi connectivity index (χ2v) is 7.02. The average molecular weight is 382 g/mol. The van der Waals surface area contributed by atoms with Crippen molar-refractivity contribution in [1.29, 1.82) is 0 Å². The minimum atomic E-state index is 0.120. The van der Waals surface area contributed by atoms with E-state index in [0.29, 0.717) is 28.5 Å². The molecule has 0 atom stereocenters. The van der Waals surface area contributed by atoms with Crippen LogP contribution in [0.1, 0.15) is 25.7 Å². The molecule has 27 heavy (non-hydrogen) atoms. The fourth-order valence-corrected chi connectivity index (χ4v) is 3.46. The zero-order valence-electron chi connectivity index (χ0n) is 14.7. The van der Waals surface area contributed by atoms with Crippen LogP contribution in [0, 0.1) is 0 Å². The van der Waals surface area contributed by atoms with Crippen molar-refractivity contribution < 1.29 is 5.11 Å². The number of rotatable bonds is 5. The molecule has 1 saturated carbocycles. The quantitative estimate of drug-likeness (QED) is 0.540. The van der Waals surface area contributed by atoms with E-state index in [4.69, 9.17) is 11.6 Å². The molecule has 1 aliphatic rings. The predicted octanol–water partition coefficient (Wildman–Crippen LogP) is 5.00. The zero-order chi connectivity index (χ0) is 18.6. The summed E-state index contributed by atoms with van der Waals surface area (Å²) in [5, 5.41) is 16.6. The predicted molar refractivity (Wildman–Crippen MR) is 108 cm³/mol. The van der Waals surface area contributed by atoms with Crippen LogP contribution in [0.2, 0.25) is 5.02 Å². The van der Waals surface area contributed by atoms with Crippen molar-refractivity contribution in [3.05, 3.63) is 53.8 Å². The molecule has 0 saturated heterocycles. The van der Waals surface area contributed by atoms with E-state index in [1.807, 2.05) is 18.2 Å². The lowest BCUT2D eigenvalue weighted by Gasteiger charge is -2.15. The number of hydrogen-bond acceptors (Lipinski definition) is 6. The lowest BCUT2D eigenvalue weighted by atomic mass is 10.2. The Labute approximate surface area is 162 Å². The Morgan fingerprint density at radius 2 is 1.78 bits per heavy atom. The number of nitrogens with one attached hydrogen (secondary N) is 2. The maximum absolute atomic E-state index is 9.55. The smallest absolute Gasteiger partial charge is 0.225 e. The topological polar surface area (TPSA) is 83.0 Å². The first-order valence-corrected chi connectivity index (χ1v) is 9.37. The molecule has 2 heterocycles. The summed E-state index contributed by atoms with van der Waals surface area (Å²) < 4.78 is 0. The fraction of sp³-hybridized carbons (Fsp3) is 0.250. The molecule has 6 nitrogen and oxygen atoms in total. The molecule has 1 aromatic carbocycles. The van der Waals surface area contributed by atoms with Gasteiger partial charge in [-0.05, 0) is 37.1 Å². The van der Waals surface area contributed by atoms with E-state index in [-0.39, 0.29) is 5.75 Å². The second kappa shape index (κ2) is 7.80. The number of nitrogens with zero attached hydrogens (tertiary/aromatic N) is 3. The highest BCUT2D eigenvalue weighted by atomic mass is 35.5. The third kappa shape index (κ3) is 4.28. The maximum atomic E-state index is 9.55. The number of aromatic nitrogens is 3. The van der Waals surface area contributed by atoms with Crippen molar-refractivity contribution in [3.63, 3.8) is 0 Å². The van der Waals surface area contributed by atoms with Gasteiger partial charge in [-0.25, -0.2) is 4.98 Å². The highest BCUT2D eigenvalue weighted by Gasteiger charge is 2.17. The van der Waals surface area contributed by atoms with Gasteiger partial charge in [-0.3, -0.25) is 4.98 Å². The van der Waals surface area contributed by atoms with Crippen LogP contribution >= 0.6 is 11.6 Å². The Kier molecular flexibility index (Phi) is 5.07. The van der Waals surface area contributed by atoms with Crippen LogP contribution in [-0.2, 0) is 0 Å². The maximum Gasteiger partial charge on any atom is 0.225 e. The van der Waals surface area contributed by atoms with Gasteiger partial charge in [0.2, 0.25) is 5.95 Å². The minimum Gasteiger partial charge on any atom is -0.508 e. The first-order chi connectivity index (χ1) is 13.2. The molecule has 0 spiro atoms. The summed E-state index contributed by atoms with van der Waals surface area (Å²) in [5.74, 6) is 1.34. The van der Waals surface area contributed by atoms with Crippen molar-refractivity contribution in [2.45, 2.75) is 31.7 Å². The summed E-state index contributed by atoms with van der Waals surface area (Å²) in [7, 11) is 0. The highest BCUT2D eigenvalue weighted by molar-refractivity contribution is 6.33. The Morgan fingerprint density at radius 1 is 1.00 bits per heavy atom. The van der Waals surface area contributed by atoms with Crippen LogP contribution in [0.25, 0.3) is 11.3 Å². The van der Waals surface area contributed by atoms with Gasteiger partial charge in [-0.1, -0.05) is 24.4 Å². The first-order valence-electron chi connectivity index (χ1n) is 8.99. The normalized spacial score (nSPS) is 14.3. The van der Waals surface area contributed by atoms with E-state index in [1.165, 1.54) is 18.9 Å². The van der Waals surface area contributed by atoms with E-state index in [0.717, 1.165) is 24.1 Å². The SMILES string of the molecule is Oc1ccc(Nc2cc(-c3ccncc3)nc(NC3CCCC3)n2)c(Cl)c1. The van der Waals surface area contributed by atoms with Crippen LogP contribution in [-0.4, -0.2) is 26.1 Å². The molecule has 3 N–H and O–H groups in total. The Hall–Kier alpha value is -2.86. The Balaban J connectivity index is 1.68. The van der Waals surface area contributed by atoms with Crippen molar-refractivity contribution in [2.75, 3.05) is 10.6 Å². The number of benzene rings is 1. The van der Waals surface area contributed by atoms with Gasteiger partial charge in [0, 0.05) is 36.1 Å². The number of phenols is 1. The summed E-state index contributed by atoms with van der Waals surface area (Å²) in [6, 6.07) is 10.9. The molecule has 138 valence electrons. The number of anilines is 3. The lowest BCUT2D eigenvalue weighted by molar-refractivity contribution is 0.475. The summed E-state index contributed by atoms with van der Waals surface area (Å²) in [4.78, 5) is 13.4. The summed E-state index contributed by atoms with van der Waals surface area (Å²) in [6.45, 7) is 0. The van der Waals surface area contributed by atoms with Crippen LogP contribution < -0.4 is 10.6 Å². The standard InChI is InChI=1S/C20H20ClN5O/c21-16-11-15(27)5-6-17(16)24-19-12-18(13-7-9-22-10-8-13)25-20(26-19)23-14-3-1-2-4-14/h5-12,14,27H,1-4H2,(H2,23,24,25,26). The third-order valence-corrected chi connectivity index (χ3v) is 4.92. The first kappa shape index (κ1) is 17.5. The number of aromatic hydroxyl groups is 1. The van der Waals surface area contributed by atoms with Gasteiger partial charge in [0.05, 0.1) is 16.4 Å². The van der Waals surface area contributed by atoms with E-state index < -0.39 is 0 Å². The largest absolute Gasteiger partial charge is 0.508 e. The van der Waals surface area contributed by atoms with Gasteiger partial charge >= 0.3 is 0 Å². The summed E-state index contributed by atoms with van der Waals surface area (Å²) in [6.07, 6.45) is 8.22. The third-order valence-electron chi connectivity index (χ3n) is 4.61. The fourth-order valence-electron chi connectivity index (χ4n) is 3.24. The average Bonchev–Trinajstić information content (AvgIpc) is 3.18. The Bertz CT molecular complexity index is 929. The molecular weight excluding hydrogens is 362 g/mol. The second-order valence-electron chi connectivity index (χ2n) is 6.61. The van der Waals surface area contributed by atoms with E-state index in [2.05, 4.69) is 25.6 Å². The van der Waals surface area contributed by atoms with Gasteiger partial charge in [0.15, 0.2) is 0 Å². The van der Waals surface area contributed by atoms with Gasteiger partial charge in [-0.15, -0.1) is 0 Å². The van der Waals surface area contributed by atoms with Gasteiger partial charge in [-0.2, -0.15) is 4.98 Å². The van der Waals surface area contributed by atoms with Crippen LogP contribution in [0.4, 0.5) is 17.5 Å². The van der Waals surface area contributed by atoms with Crippen molar-refractivity contribution >= 4 is 29.1 Å². The van der Waals surface area contributed by atoms with Crippen molar-refractivity contribution in [2.24, 2.45) is 0 Å². The molecule has 7 heteroatoms. The van der Waals surface area contributed by atoms with Crippen LogP contribution in [0.3, 0.4) is 0 Å². The van der Waals surface area contributed by atoms with Crippen LogP contribution in [0.5, 0.6) is 5.75 Å². The zero-order valence-corrected chi connectivity index (χ0v) is 15.4. The Morgan fingerprint density at radius 3 is 2.52 bits per heavy atom. The molecule has 1 fully saturated rings. The van der Waals surface area contributed by atoms with Crippen molar-refractivity contribution in [3.8, 4) is 17.0 Å². The van der Waals surface area contributed by atoms with Crippen molar-refractivity contribution in [1.82, 2.24) is 15.0 Å². The number of phenolic OH excluding ortho intramolecular Hbond substituents is 1. The molecule has 3 aromatic rings. The molecule has 2 aromatic heterocycles.